The van der Waals surface area contributed by atoms with Crippen molar-refractivity contribution in [3.63, 3.8) is 0 Å². The van der Waals surface area contributed by atoms with Crippen molar-refractivity contribution in [3.8, 4) is 23.0 Å². The van der Waals surface area contributed by atoms with Gasteiger partial charge in [-0.15, -0.1) is 0 Å². The Hall–Kier alpha value is -2.30. The topological polar surface area (TPSA) is 127 Å². The molecule has 0 aliphatic heterocycles. The number of aromatic hydroxyl groups is 4. The second kappa shape index (κ2) is 34.7. The molecule has 0 aromatic heterocycles. The number of allylic oxidation sites excluding steroid dienone is 5. The summed E-state index contributed by atoms with van der Waals surface area (Å²) in [7, 11) is 0. The van der Waals surface area contributed by atoms with Gasteiger partial charge in [0, 0.05) is 37.2 Å². The van der Waals surface area contributed by atoms with Crippen LogP contribution < -0.4 is 17.0 Å². The van der Waals surface area contributed by atoms with Crippen LogP contribution >= 0.6 is 0 Å². The molecule has 56 heavy (non-hydrogen) atoms. The van der Waals surface area contributed by atoms with Gasteiger partial charge in [-0.05, 0) is 146 Å². The van der Waals surface area contributed by atoms with Crippen molar-refractivity contribution in [2.45, 2.75) is 162 Å². The summed E-state index contributed by atoms with van der Waals surface area (Å²) in [6.45, 7) is 14.0. The van der Waals surface area contributed by atoms with Crippen molar-refractivity contribution >= 4 is 28.8 Å². The minimum absolute atomic E-state index is 0. The Morgan fingerprint density at radius 1 is 0.750 bits per heavy atom. The van der Waals surface area contributed by atoms with E-state index in [1.54, 1.807) is 18.2 Å². The van der Waals surface area contributed by atoms with Crippen LogP contribution in [-0.4, -0.2) is 73.2 Å². The van der Waals surface area contributed by atoms with Crippen LogP contribution in [0.1, 0.15) is 160 Å². The Kier molecular flexibility index (Phi) is 36.0. The molecule has 2 unspecified atom stereocenters. The van der Waals surface area contributed by atoms with Gasteiger partial charge in [-0.25, -0.2) is 0 Å². The zero-order valence-corrected chi connectivity index (χ0v) is 38.9. The fraction of sp³-hybridized carbons (Fsp3) is 0.574. The normalized spacial score (nSPS) is 17.8. The standard InChI is InChI=1S/C18H26O2.C11H16O2.C7H12O.C6H8O.C4H10O.CH3.BrH.Mg/c1-3-4-5-8-14-11-16(19)18(17(20)12-14)15-9-6-7-13(2)10-15;1-2-3-4-5-9-6-10(12)8-11(13)7-9;1-7(8)5-3-2-4-6-7;7-6-4-2-1-3-5-6;1-3-5-4-2;;;/h10-12,15,19-20H,3-9H2,1-2H3;6-8,12-13H,2-5H2,1H3;3,5,8H,2,4,6H2,1H3;2,4H,1,3,5H2;3-4H2,1-2H3;1H3;1H;/q;;;;;-1;;+2/p-1. The molecule has 5 rings (SSSR count). The zero-order valence-electron chi connectivity index (χ0n) is 35.9. The molecule has 0 spiro atoms. The van der Waals surface area contributed by atoms with E-state index in [1.165, 1.54) is 37.3 Å². The molecule has 3 aliphatic rings. The maximum absolute atomic E-state index is 10.4. The number of phenolic OH excluding ortho intramolecular Hbond substituents is 4. The van der Waals surface area contributed by atoms with E-state index in [0.717, 1.165) is 108 Å². The molecule has 2 aromatic rings. The summed E-state index contributed by atoms with van der Waals surface area (Å²) in [5.41, 5.74) is 3.60. The monoisotopic (exact) mass is 854 g/mol. The molecule has 0 bridgehead atoms. The van der Waals surface area contributed by atoms with Gasteiger partial charge in [0.25, 0.3) is 0 Å². The Morgan fingerprint density at radius 3 is 1.64 bits per heavy atom. The van der Waals surface area contributed by atoms with Crippen molar-refractivity contribution in [1.29, 1.82) is 0 Å². The van der Waals surface area contributed by atoms with E-state index in [9.17, 15) is 30.3 Å². The number of rotatable bonds is 11. The fourth-order valence-corrected chi connectivity index (χ4v) is 6.40. The molecule has 0 saturated carbocycles. The first-order valence-electron chi connectivity index (χ1n) is 20.3. The van der Waals surface area contributed by atoms with Crippen LogP contribution in [-0.2, 0) is 22.4 Å². The van der Waals surface area contributed by atoms with E-state index in [-0.39, 0.29) is 82.2 Å². The molecule has 7 nitrogen and oxygen atoms in total. The molecule has 314 valence electrons. The van der Waals surface area contributed by atoms with Crippen LogP contribution in [0.3, 0.4) is 0 Å². The predicted molar refractivity (Wildman–Crippen MR) is 232 cm³/mol. The van der Waals surface area contributed by atoms with Crippen LogP contribution in [0.2, 0.25) is 0 Å². The Morgan fingerprint density at radius 2 is 1.29 bits per heavy atom. The molecule has 2 atom stereocenters. The van der Waals surface area contributed by atoms with Gasteiger partial charge in [0.1, 0.15) is 23.0 Å². The molecule has 2 aromatic carbocycles. The molecule has 5 N–H and O–H groups in total. The second-order valence-corrected chi connectivity index (χ2v) is 14.5. The molecular weight excluding hydrogens is 781 g/mol. The molecular formula is C47H75BrMgO7. The largest absolute Gasteiger partial charge is 2.00 e. The van der Waals surface area contributed by atoms with E-state index in [0.29, 0.717) is 5.56 Å². The van der Waals surface area contributed by atoms with E-state index in [4.69, 9.17) is 4.74 Å². The van der Waals surface area contributed by atoms with Crippen LogP contribution in [0, 0.1) is 7.43 Å². The van der Waals surface area contributed by atoms with Crippen LogP contribution in [0.25, 0.3) is 0 Å². The fourth-order valence-electron chi connectivity index (χ4n) is 6.40. The molecule has 0 amide bonds. The average Bonchev–Trinajstić information content (AvgIpc) is 3.10. The van der Waals surface area contributed by atoms with Gasteiger partial charge >= 0.3 is 23.1 Å². The number of phenols is 4. The smallest absolute Gasteiger partial charge is 1.00 e. The summed E-state index contributed by atoms with van der Waals surface area (Å²) in [6.07, 6.45) is 27.9. The van der Waals surface area contributed by atoms with Gasteiger partial charge in [0.2, 0.25) is 0 Å². The first kappa shape index (κ1) is 58.0. The summed E-state index contributed by atoms with van der Waals surface area (Å²) in [5.74, 6) is 1.25. The minimum atomic E-state index is -0.502. The summed E-state index contributed by atoms with van der Waals surface area (Å²) in [5, 5.41) is 48.2. The van der Waals surface area contributed by atoms with Gasteiger partial charge in [-0.1, -0.05) is 69.4 Å². The number of ether oxygens (including phenoxy) is 1. The number of unbranched alkanes of at least 4 members (excludes halogenated alkanes) is 4. The van der Waals surface area contributed by atoms with Crippen LogP contribution in [0.5, 0.6) is 23.0 Å². The summed E-state index contributed by atoms with van der Waals surface area (Å²) in [6, 6.07) is 8.43. The van der Waals surface area contributed by atoms with E-state index >= 15 is 0 Å². The summed E-state index contributed by atoms with van der Waals surface area (Å²) < 4.78 is 4.83. The zero-order chi connectivity index (χ0) is 39.5. The maximum Gasteiger partial charge on any atom is 2.00 e. The van der Waals surface area contributed by atoms with Gasteiger partial charge in [0.15, 0.2) is 5.78 Å². The number of hydrogen-bond donors (Lipinski definition) is 5. The molecule has 3 aliphatic carbocycles. The van der Waals surface area contributed by atoms with Gasteiger partial charge in [-0.3, -0.25) is 4.79 Å². The third kappa shape index (κ3) is 27.4. The van der Waals surface area contributed by atoms with Gasteiger partial charge in [0.05, 0.1) is 5.60 Å². The average molecular weight is 856 g/mol. The molecule has 0 heterocycles. The van der Waals surface area contributed by atoms with Crippen molar-refractivity contribution in [2.75, 3.05) is 13.2 Å². The Bertz CT molecular complexity index is 1360. The van der Waals surface area contributed by atoms with Crippen molar-refractivity contribution in [2.24, 2.45) is 0 Å². The molecule has 0 radical (unpaired) electrons. The number of hydrogen-bond acceptors (Lipinski definition) is 7. The SMILES string of the molecule is CC1(O)C=CCCC1.CCCCCc1cc(O)c(C2C=C(C)CCC2)c(O)c1.CCCCCc1cc(O)cc(O)c1.CCOCC.O=C1C=CCCC1.[Br-].[CH3-].[Mg+2]. The number of carbonyl (C=O) groups is 1. The second-order valence-electron chi connectivity index (χ2n) is 14.5. The van der Waals surface area contributed by atoms with Crippen molar-refractivity contribution in [1.82, 2.24) is 0 Å². The maximum atomic E-state index is 10.4. The Balaban J connectivity index is -0.000000675. The number of carbonyl (C=O) groups excluding carboxylic acids is 1. The summed E-state index contributed by atoms with van der Waals surface area (Å²) in [4.78, 5) is 10.4. The first-order chi connectivity index (χ1) is 25.3. The number of aryl methyl sites for hydroxylation is 2. The first-order valence-corrected chi connectivity index (χ1v) is 20.3. The third-order valence-corrected chi connectivity index (χ3v) is 9.28. The quantitative estimate of drug-likeness (QED) is 0.0663. The van der Waals surface area contributed by atoms with Gasteiger partial charge in [-0.2, -0.15) is 0 Å². The van der Waals surface area contributed by atoms with Crippen LogP contribution in [0.15, 0.2) is 66.3 Å². The predicted octanol–water partition coefficient (Wildman–Crippen LogP) is 8.76. The van der Waals surface area contributed by atoms with E-state index in [1.807, 2.05) is 51.1 Å². The van der Waals surface area contributed by atoms with Crippen LogP contribution in [0.4, 0.5) is 0 Å². The number of aliphatic hydroxyl groups is 1. The Labute approximate surface area is 367 Å². The summed E-state index contributed by atoms with van der Waals surface area (Å²) >= 11 is 0. The van der Waals surface area contributed by atoms with Gasteiger partial charge < -0.3 is 54.7 Å². The number of benzene rings is 2. The number of halogens is 1. The molecule has 0 fully saturated rings. The third-order valence-electron chi connectivity index (χ3n) is 9.28. The number of ketones is 1. The van der Waals surface area contributed by atoms with E-state index in [2.05, 4.69) is 26.8 Å². The van der Waals surface area contributed by atoms with Crippen molar-refractivity contribution < 1.29 is 52.0 Å². The van der Waals surface area contributed by atoms with Crippen molar-refractivity contribution in [3.05, 3.63) is 90.4 Å². The minimum Gasteiger partial charge on any atom is -1.00 e. The molecule has 0 saturated heterocycles. The molecule has 9 heteroatoms. The van der Waals surface area contributed by atoms with E-state index < -0.39 is 5.60 Å².